The van der Waals surface area contributed by atoms with Gasteiger partial charge in [0.15, 0.2) is 0 Å². The maximum Gasteiger partial charge on any atom is 0.251 e. The Hall–Kier alpha value is -4.20. The van der Waals surface area contributed by atoms with Crippen LogP contribution in [0.15, 0.2) is 67.4 Å². The third-order valence-electron chi connectivity index (χ3n) is 6.63. The Morgan fingerprint density at radius 3 is 2.72 bits per heavy atom. The van der Waals surface area contributed by atoms with Crippen molar-refractivity contribution in [2.75, 3.05) is 7.11 Å². The van der Waals surface area contributed by atoms with E-state index >= 15 is 0 Å². The highest BCUT2D eigenvalue weighted by Gasteiger charge is 2.34. The first-order chi connectivity index (χ1) is 17.4. The number of aromatic nitrogens is 4. The van der Waals surface area contributed by atoms with Crippen LogP contribution in [0, 0.1) is 18.3 Å². The van der Waals surface area contributed by atoms with Crippen molar-refractivity contribution in [2.45, 2.75) is 32.4 Å². The van der Waals surface area contributed by atoms with Crippen LogP contribution in [0.4, 0.5) is 0 Å². The first-order valence-electron chi connectivity index (χ1n) is 12.0. The largest absolute Gasteiger partial charge is 0.494 e. The smallest absolute Gasteiger partial charge is 0.251 e. The SMILES string of the molecule is COc1cnccc1-c1cc(Cn2ccn(C)c2=N)cc(C(=O)NC(c2cc(C)ccn2)C2CC2)c1. The van der Waals surface area contributed by atoms with Crippen molar-refractivity contribution >= 4 is 5.91 Å². The first kappa shape index (κ1) is 23.5. The Labute approximate surface area is 210 Å². The molecule has 0 radical (unpaired) electrons. The number of ether oxygens (including phenoxy) is 1. The number of nitrogens with zero attached hydrogens (tertiary/aromatic N) is 4. The lowest BCUT2D eigenvalue weighted by Crippen LogP contribution is -2.30. The monoisotopic (exact) mass is 482 g/mol. The summed E-state index contributed by atoms with van der Waals surface area (Å²) in [5.41, 5.74) is 5.59. The molecule has 1 amide bonds. The van der Waals surface area contributed by atoms with Crippen molar-refractivity contribution in [1.29, 1.82) is 5.41 Å². The van der Waals surface area contributed by atoms with Crippen LogP contribution in [-0.2, 0) is 13.6 Å². The molecular weight excluding hydrogens is 452 g/mol. The number of pyridine rings is 2. The minimum absolute atomic E-state index is 0.122. The average Bonchev–Trinajstić information content (AvgIpc) is 3.69. The lowest BCUT2D eigenvalue weighted by atomic mass is 9.98. The zero-order valence-electron chi connectivity index (χ0n) is 20.7. The van der Waals surface area contributed by atoms with Crippen molar-refractivity contribution in [3.8, 4) is 16.9 Å². The molecule has 0 aliphatic heterocycles. The van der Waals surface area contributed by atoms with E-state index in [1.807, 2.05) is 61.3 Å². The fourth-order valence-electron chi connectivity index (χ4n) is 4.52. The van der Waals surface area contributed by atoms with Crippen LogP contribution in [0.1, 0.15) is 46.1 Å². The molecule has 0 saturated heterocycles. The molecule has 5 rings (SSSR count). The van der Waals surface area contributed by atoms with E-state index < -0.39 is 0 Å². The number of hydrogen-bond acceptors (Lipinski definition) is 5. The van der Waals surface area contributed by atoms with Crippen LogP contribution < -0.4 is 15.7 Å². The molecule has 36 heavy (non-hydrogen) atoms. The molecule has 8 heteroatoms. The average molecular weight is 483 g/mol. The number of benzene rings is 1. The molecule has 8 nitrogen and oxygen atoms in total. The number of carbonyl (C=O) groups is 1. The lowest BCUT2D eigenvalue weighted by molar-refractivity contribution is 0.0930. The minimum Gasteiger partial charge on any atom is -0.494 e. The van der Waals surface area contributed by atoms with Gasteiger partial charge in [-0.1, -0.05) is 0 Å². The van der Waals surface area contributed by atoms with Gasteiger partial charge in [0.2, 0.25) is 5.62 Å². The molecule has 0 bridgehead atoms. The second-order valence-corrected chi connectivity index (χ2v) is 9.40. The van der Waals surface area contributed by atoms with E-state index in [4.69, 9.17) is 10.1 Å². The predicted molar refractivity (Wildman–Crippen MR) is 136 cm³/mol. The van der Waals surface area contributed by atoms with Crippen LogP contribution in [0.25, 0.3) is 11.1 Å². The van der Waals surface area contributed by atoms with Crippen LogP contribution in [-0.4, -0.2) is 32.1 Å². The van der Waals surface area contributed by atoms with Crippen molar-refractivity contribution in [2.24, 2.45) is 13.0 Å². The van der Waals surface area contributed by atoms with Gasteiger partial charge in [0.05, 0.1) is 31.6 Å². The Morgan fingerprint density at radius 2 is 2.03 bits per heavy atom. The fourth-order valence-corrected chi connectivity index (χ4v) is 4.52. The van der Waals surface area contributed by atoms with Gasteiger partial charge >= 0.3 is 0 Å². The molecule has 1 aromatic carbocycles. The molecule has 1 atom stereocenters. The highest BCUT2D eigenvalue weighted by Crippen LogP contribution is 2.41. The Balaban J connectivity index is 1.53. The Kier molecular flexibility index (Phi) is 6.41. The van der Waals surface area contributed by atoms with E-state index in [1.54, 1.807) is 30.3 Å². The number of hydrogen-bond donors (Lipinski definition) is 2. The summed E-state index contributed by atoms with van der Waals surface area (Å²) in [6.45, 7) is 2.50. The van der Waals surface area contributed by atoms with Crippen LogP contribution in [0.2, 0.25) is 0 Å². The maximum atomic E-state index is 13.6. The number of imidazole rings is 1. The summed E-state index contributed by atoms with van der Waals surface area (Å²) in [6.07, 6.45) is 11.1. The standard InChI is InChI=1S/C28H30N6O2/c1-18-6-9-31-24(12-18)26(20-4-5-20)32-27(35)22-14-19(17-34-11-10-33(2)28(34)29)13-21(15-22)23-7-8-30-16-25(23)36-3/h6-16,20,26,29H,4-5,17H2,1-3H3,(H,32,35). The molecular formula is C28H30N6O2. The van der Waals surface area contributed by atoms with Gasteiger partial charge in [-0.15, -0.1) is 0 Å². The number of aryl methyl sites for hydroxylation is 2. The zero-order chi connectivity index (χ0) is 25.2. The highest BCUT2D eigenvalue weighted by atomic mass is 16.5. The Bertz CT molecular complexity index is 1470. The van der Waals surface area contributed by atoms with E-state index in [-0.39, 0.29) is 11.9 Å². The topological polar surface area (TPSA) is 97.8 Å². The number of carbonyl (C=O) groups excluding carboxylic acids is 1. The lowest BCUT2D eigenvalue weighted by Gasteiger charge is -2.19. The third-order valence-corrected chi connectivity index (χ3v) is 6.63. The molecule has 1 unspecified atom stereocenters. The molecule has 1 aliphatic rings. The second-order valence-electron chi connectivity index (χ2n) is 9.40. The summed E-state index contributed by atoms with van der Waals surface area (Å²) in [6, 6.07) is 11.6. The third kappa shape index (κ3) is 4.93. The molecule has 2 N–H and O–H groups in total. The quantitative estimate of drug-likeness (QED) is 0.397. The van der Waals surface area contributed by atoms with Gasteiger partial charge < -0.3 is 19.2 Å². The number of rotatable bonds is 8. The summed E-state index contributed by atoms with van der Waals surface area (Å²) in [4.78, 5) is 22.4. The van der Waals surface area contributed by atoms with Gasteiger partial charge in [-0.2, -0.15) is 0 Å². The summed E-state index contributed by atoms with van der Waals surface area (Å²) in [5, 5.41) is 11.6. The van der Waals surface area contributed by atoms with Crippen LogP contribution in [0.3, 0.4) is 0 Å². The van der Waals surface area contributed by atoms with E-state index in [0.717, 1.165) is 40.8 Å². The fraction of sp³-hybridized carbons (Fsp3) is 0.286. The molecule has 0 spiro atoms. The van der Waals surface area contributed by atoms with Crippen molar-refractivity contribution in [1.82, 2.24) is 24.4 Å². The minimum atomic E-state index is -0.143. The van der Waals surface area contributed by atoms with Gasteiger partial charge in [-0.3, -0.25) is 20.2 Å². The number of methoxy groups -OCH3 is 1. The normalized spacial score (nSPS) is 13.9. The maximum absolute atomic E-state index is 13.6. The van der Waals surface area contributed by atoms with Crippen LogP contribution >= 0.6 is 0 Å². The molecule has 1 saturated carbocycles. The predicted octanol–water partition coefficient (Wildman–Crippen LogP) is 4.01. The van der Waals surface area contributed by atoms with Crippen LogP contribution in [0.5, 0.6) is 5.75 Å². The first-order valence-corrected chi connectivity index (χ1v) is 12.0. The number of nitrogens with one attached hydrogen (secondary N) is 2. The van der Waals surface area contributed by atoms with E-state index in [9.17, 15) is 4.79 Å². The van der Waals surface area contributed by atoms with Gasteiger partial charge in [-0.25, -0.2) is 0 Å². The summed E-state index contributed by atoms with van der Waals surface area (Å²) < 4.78 is 9.13. The zero-order valence-corrected chi connectivity index (χ0v) is 20.7. The molecule has 184 valence electrons. The van der Waals surface area contributed by atoms with Crippen molar-refractivity contribution in [3.63, 3.8) is 0 Å². The van der Waals surface area contributed by atoms with Gasteiger partial charge in [0.25, 0.3) is 5.91 Å². The van der Waals surface area contributed by atoms with E-state index in [0.29, 0.717) is 29.4 Å². The van der Waals surface area contributed by atoms with Crippen molar-refractivity contribution in [3.05, 3.63) is 95.4 Å². The molecule has 1 fully saturated rings. The molecule has 4 aromatic rings. The number of amides is 1. The van der Waals surface area contributed by atoms with E-state index in [2.05, 4.69) is 21.4 Å². The molecule has 3 heterocycles. The second kappa shape index (κ2) is 9.81. The Morgan fingerprint density at radius 1 is 1.19 bits per heavy atom. The molecule has 1 aliphatic carbocycles. The van der Waals surface area contributed by atoms with Crippen molar-refractivity contribution < 1.29 is 9.53 Å². The van der Waals surface area contributed by atoms with Gasteiger partial charge in [-0.05, 0) is 78.8 Å². The van der Waals surface area contributed by atoms with Gasteiger partial charge in [0.1, 0.15) is 5.75 Å². The summed E-state index contributed by atoms with van der Waals surface area (Å²) in [7, 11) is 3.45. The molecule has 3 aromatic heterocycles. The summed E-state index contributed by atoms with van der Waals surface area (Å²) in [5.74, 6) is 0.891. The van der Waals surface area contributed by atoms with Gasteiger partial charge in [0, 0.05) is 43.0 Å². The summed E-state index contributed by atoms with van der Waals surface area (Å²) >= 11 is 0. The highest BCUT2D eigenvalue weighted by molar-refractivity contribution is 5.96. The van der Waals surface area contributed by atoms with E-state index in [1.165, 1.54) is 0 Å².